The highest BCUT2D eigenvalue weighted by atomic mass is 15.1. The average molecular weight is 741 g/mol. The molecule has 0 saturated carbocycles. The van der Waals surface area contributed by atoms with Crippen molar-refractivity contribution >= 4 is 44.4 Å². The van der Waals surface area contributed by atoms with Crippen molar-refractivity contribution in [1.82, 2.24) is 4.57 Å². The quantitative estimate of drug-likeness (QED) is 0.158. The summed E-state index contributed by atoms with van der Waals surface area (Å²) in [7, 11) is 0. The van der Waals surface area contributed by atoms with Gasteiger partial charge in [-0.05, 0) is 123 Å². The van der Waals surface area contributed by atoms with E-state index in [-0.39, 0.29) is 0 Å². The van der Waals surface area contributed by atoms with Crippen LogP contribution in [0.15, 0.2) is 225 Å². The summed E-state index contributed by atoms with van der Waals surface area (Å²) < 4.78 is 2.39. The number of rotatable bonds is 7. The zero-order valence-corrected chi connectivity index (χ0v) is 32.3. The highest BCUT2D eigenvalue weighted by Gasteiger charge is 2.51. The van der Waals surface area contributed by atoms with Crippen LogP contribution in [0.2, 0.25) is 0 Å². The predicted molar refractivity (Wildman–Crippen MR) is 245 cm³/mol. The Hall–Kier alpha value is -7.42. The topological polar surface area (TPSA) is 8.17 Å². The fourth-order valence-electron chi connectivity index (χ4n) is 9.96. The van der Waals surface area contributed by atoms with Gasteiger partial charge in [-0.2, -0.15) is 0 Å². The molecule has 2 heteroatoms. The summed E-state index contributed by atoms with van der Waals surface area (Å²) in [4.78, 5) is 2.37. The average Bonchev–Trinajstić information content (AvgIpc) is 3.88. The molecule has 0 fully saturated rings. The smallest absolute Gasteiger partial charge is 0.0725 e. The maximum atomic E-state index is 4.35. The second-order valence-electron chi connectivity index (χ2n) is 15.2. The van der Waals surface area contributed by atoms with Crippen molar-refractivity contribution in [3.8, 4) is 27.9 Å². The van der Waals surface area contributed by atoms with Gasteiger partial charge in [-0.15, -0.1) is 0 Å². The lowest BCUT2D eigenvalue weighted by atomic mass is 9.69. The monoisotopic (exact) mass is 740 g/mol. The first-order valence-electron chi connectivity index (χ1n) is 20.1. The van der Waals surface area contributed by atoms with E-state index in [0.717, 1.165) is 22.7 Å². The third kappa shape index (κ3) is 4.85. The molecule has 0 aliphatic heterocycles. The van der Waals surface area contributed by atoms with Crippen molar-refractivity contribution in [3.63, 3.8) is 0 Å². The maximum Gasteiger partial charge on any atom is 0.0725 e. The number of benzene rings is 8. The van der Waals surface area contributed by atoms with Crippen LogP contribution in [0.25, 0.3) is 55.3 Å². The number of allylic oxidation sites excluding steroid dienone is 5. The fraction of sp³-hybridized carbons (Fsp3) is 0.0357. The molecule has 9 aromatic rings. The lowest BCUT2D eigenvalue weighted by Gasteiger charge is -2.32. The van der Waals surface area contributed by atoms with Crippen LogP contribution in [-0.2, 0) is 5.41 Å². The van der Waals surface area contributed by atoms with E-state index in [1.165, 1.54) is 77.5 Å². The highest BCUT2D eigenvalue weighted by molar-refractivity contribution is 6.10. The normalized spacial score (nSPS) is 13.7. The van der Waals surface area contributed by atoms with Gasteiger partial charge >= 0.3 is 0 Å². The first-order valence-corrected chi connectivity index (χ1v) is 20.1. The summed E-state index contributed by atoms with van der Waals surface area (Å²) in [6.07, 6.45) is 6.53. The fourth-order valence-corrected chi connectivity index (χ4v) is 9.96. The Labute approximate surface area is 339 Å². The van der Waals surface area contributed by atoms with Gasteiger partial charge in [0.25, 0.3) is 0 Å². The number of aromatic nitrogens is 1. The summed E-state index contributed by atoms with van der Waals surface area (Å²) in [5, 5.41) is 2.48. The van der Waals surface area contributed by atoms with Crippen LogP contribution in [0.3, 0.4) is 0 Å². The second-order valence-corrected chi connectivity index (χ2v) is 15.2. The molecule has 274 valence electrons. The summed E-state index contributed by atoms with van der Waals surface area (Å²) in [5.74, 6) is 0. The van der Waals surface area contributed by atoms with E-state index in [0.29, 0.717) is 0 Å². The van der Waals surface area contributed by atoms with Gasteiger partial charge in [-0.1, -0.05) is 158 Å². The van der Waals surface area contributed by atoms with Crippen LogP contribution in [0.4, 0.5) is 17.1 Å². The van der Waals surface area contributed by atoms with E-state index >= 15 is 0 Å². The van der Waals surface area contributed by atoms with Crippen molar-refractivity contribution in [2.75, 3.05) is 4.90 Å². The van der Waals surface area contributed by atoms with Crippen LogP contribution in [0.5, 0.6) is 0 Å². The molecule has 8 aromatic carbocycles. The van der Waals surface area contributed by atoms with Gasteiger partial charge in [-0.3, -0.25) is 0 Å². The Morgan fingerprint density at radius 3 is 1.78 bits per heavy atom. The van der Waals surface area contributed by atoms with Gasteiger partial charge in [0.2, 0.25) is 0 Å². The number of anilines is 3. The SMILES string of the molecule is C=CC1=C(/C=C\C)C2(c3cc(-c4ccc(N(c5ccccc5)c5ccc6c7ccccc7n(-c7ccccc7)c6c5)cc4)ccc31)c1ccccc1-c1ccccc12. The van der Waals surface area contributed by atoms with Gasteiger partial charge in [-0.25, -0.2) is 0 Å². The minimum absolute atomic E-state index is 0.431. The first kappa shape index (κ1) is 33.9. The molecule has 58 heavy (non-hydrogen) atoms. The van der Waals surface area contributed by atoms with Crippen molar-refractivity contribution in [1.29, 1.82) is 0 Å². The Bertz CT molecular complexity index is 3080. The molecule has 1 heterocycles. The van der Waals surface area contributed by atoms with Crippen molar-refractivity contribution in [3.05, 3.63) is 247 Å². The Balaban J connectivity index is 1.05. The van der Waals surface area contributed by atoms with E-state index in [4.69, 9.17) is 0 Å². The molecule has 2 aliphatic rings. The molecular weight excluding hydrogens is 701 g/mol. The van der Waals surface area contributed by atoms with Crippen LogP contribution in [-0.4, -0.2) is 4.57 Å². The second kappa shape index (κ2) is 13.4. The largest absolute Gasteiger partial charge is 0.310 e. The van der Waals surface area contributed by atoms with Gasteiger partial charge < -0.3 is 9.47 Å². The third-order valence-electron chi connectivity index (χ3n) is 12.3. The van der Waals surface area contributed by atoms with Gasteiger partial charge in [0, 0.05) is 33.5 Å². The van der Waals surface area contributed by atoms with Crippen molar-refractivity contribution in [2.24, 2.45) is 0 Å². The predicted octanol–water partition coefficient (Wildman–Crippen LogP) is 14.8. The van der Waals surface area contributed by atoms with Crippen molar-refractivity contribution in [2.45, 2.75) is 12.3 Å². The minimum atomic E-state index is -0.431. The standard InChI is InChI=1S/C56H40N2/c1-3-17-50-44(4-2)47-34-30-39(36-53(47)56(50)51-25-14-11-22-45(51)46-23-12-15-26-52(46)56)38-28-31-42(32-29-38)57(40-18-7-5-8-19-40)43-33-35-49-48-24-13-16-27-54(48)58(55(49)37-43)41-20-9-6-10-21-41/h3-37H,2H2,1H3/b17-3-. The number of para-hydroxylation sites is 3. The molecule has 0 bridgehead atoms. The van der Waals surface area contributed by atoms with Crippen LogP contribution >= 0.6 is 0 Å². The zero-order valence-electron chi connectivity index (χ0n) is 32.3. The summed E-state index contributed by atoms with van der Waals surface area (Å²) >= 11 is 0. The number of nitrogens with zero attached hydrogens (tertiary/aromatic N) is 2. The molecule has 0 saturated heterocycles. The number of hydrogen-bond donors (Lipinski definition) is 0. The Morgan fingerprint density at radius 2 is 1.07 bits per heavy atom. The van der Waals surface area contributed by atoms with E-state index in [1.807, 2.05) is 0 Å². The van der Waals surface area contributed by atoms with Gasteiger partial charge in [0.05, 0.1) is 16.4 Å². The van der Waals surface area contributed by atoms with Crippen molar-refractivity contribution < 1.29 is 0 Å². The zero-order chi connectivity index (χ0) is 38.8. The minimum Gasteiger partial charge on any atom is -0.310 e. The Kier molecular flexibility index (Phi) is 7.80. The van der Waals surface area contributed by atoms with Crippen LogP contribution in [0.1, 0.15) is 29.2 Å². The number of fused-ring (bicyclic) bond motifs is 10. The summed E-state index contributed by atoms with van der Waals surface area (Å²) in [6.45, 7) is 6.46. The van der Waals surface area contributed by atoms with E-state index < -0.39 is 5.41 Å². The van der Waals surface area contributed by atoms with Gasteiger partial charge in [0.15, 0.2) is 0 Å². The maximum absolute atomic E-state index is 4.35. The molecular formula is C56H40N2. The molecule has 0 amide bonds. The number of hydrogen-bond acceptors (Lipinski definition) is 1. The highest BCUT2D eigenvalue weighted by Crippen LogP contribution is 2.62. The molecule has 2 aliphatic carbocycles. The molecule has 1 aromatic heterocycles. The lowest BCUT2D eigenvalue weighted by Crippen LogP contribution is -2.26. The molecule has 2 nitrogen and oxygen atoms in total. The summed E-state index contributed by atoms with van der Waals surface area (Å²) in [5.41, 5.74) is 19.1. The van der Waals surface area contributed by atoms with E-state index in [2.05, 4.69) is 235 Å². The molecule has 0 atom stereocenters. The first-order chi connectivity index (χ1) is 28.7. The molecule has 0 N–H and O–H groups in total. The van der Waals surface area contributed by atoms with Crippen LogP contribution in [0, 0.1) is 0 Å². The molecule has 11 rings (SSSR count). The van der Waals surface area contributed by atoms with E-state index in [9.17, 15) is 0 Å². The van der Waals surface area contributed by atoms with Gasteiger partial charge in [0.1, 0.15) is 0 Å². The molecule has 0 unspecified atom stereocenters. The lowest BCUT2D eigenvalue weighted by molar-refractivity contribution is 0.786. The Morgan fingerprint density at radius 1 is 0.483 bits per heavy atom. The third-order valence-corrected chi connectivity index (χ3v) is 12.3. The van der Waals surface area contributed by atoms with E-state index in [1.54, 1.807) is 0 Å². The summed E-state index contributed by atoms with van der Waals surface area (Å²) in [6, 6.07) is 71.0. The molecule has 1 spiro atoms. The molecule has 0 radical (unpaired) electrons. The van der Waals surface area contributed by atoms with Crippen LogP contribution < -0.4 is 4.90 Å².